The van der Waals surface area contributed by atoms with Crippen molar-refractivity contribution in [3.8, 4) is 0 Å². The summed E-state index contributed by atoms with van der Waals surface area (Å²) in [6.45, 7) is 8.95. The van der Waals surface area contributed by atoms with Crippen molar-refractivity contribution in [2.24, 2.45) is 11.1 Å². The first-order chi connectivity index (χ1) is 8.30. The Kier molecular flexibility index (Phi) is 4.87. The van der Waals surface area contributed by atoms with Gasteiger partial charge in [0.2, 0.25) is 11.7 Å². The molecule has 0 saturated heterocycles. The van der Waals surface area contributed by atoms with Gasteiger partial charge in [-0.2, -0.15) is 4.98 Å². The van der Waals surface area contributed by atoms with Gasteiger partial charge < -0.3 is 15.0 Å². The lowest BCUT2D eigenvalue weighted by atomic mass is 9.84. The summed E-state index contributed by atoms with van der Waals surface area (Å²) < 4.78 is 10.6. The minimum absolute atomic E-state index is 0.208. The van der Waals surface area contributed by atoms with Crippen LogP contribution in [-0.4, -0.2) is 23.8 Å². The molecule has 0 unspecified atom stereocenters. The van der Waals surface area contributed by atoms with Crippen molar-refractivity contribution >= 4 is 0 Å². The maximum absolute atomic E-state index is 5.59. The highest BCUT2D eigenvalue weighted by molar-refractivity contribution is 4.97. The summed E-state index contributed by atoms with van der Waals surface area (Å²) in [5, 5.41) is 3.97. The third-order valence-electron chi connectivity index (χ3n) is 3.35. The topological polar surface area (TPSA) is 74.2 Å². The van der Waals surface area contributed by atoms with Crippen LogP contribution < -0.4 is 5.73 Å². The van der Waals surface area contributed by atoms with Crippen molar-refractivity contribution in [1.29, 1.82) is 0 Å². The van der Waals surface area contributed by atoms with E-state index in [4.69, 9.17) is 15.0 Å². The van der Waals surface area contributed by atoms with Gasteiger partial charge >= 0.3 is 0 Å². The number of aryl methyl sites for hydroxylation is 1. The Morgan fingerprint density at radius 2 is 1.89 bits per heavy atom. The number of hydrogen-bond acceptors (Lipinski definition) is 5. The maximum Gasteiger partial charge on any atom is 0.226 e. The van der Waals surface area contributed by atoms with Crippen LogP contribution in [0.3, 0.4) is 0 Å². The van der Waals surface area contributed by atoms with E-state index in [1.165, 1.54) is 0 Å². The van der Waals surface area contributed by atoms with Gasteiger partial charge in [0.1, 0.15) is 5.60 Å². The molecule has 0 fully saturated rings. The second-order valence-electron chi connectivity index (χ2n) is 5.93. The number of rotatable bonds is 7. The van der Waals surface area contributed by atoms with Gasteiger partial charge in [-0.3, -0.25) is 0 Å². The largest absolute Gasteiger partial charge is 0.371 e. The Morgan fingerprint density at radius 1 is 1.22 bits per heavy atom. The zero-order valence-electron chi connectivity index (χ0n) is 12.1. The molecule has 1 rings (SSSR count). The first kappa shape index (κ1) is 15.1. The number of aromatic nitrogens is 2. The average Bonchev–Trinajstić information content (AvgIpc) is 2.76. The highest BCUT2D eigenvalue weighted by Crippen LogP contribution is 2.27. The lowest BCUT2D eigenvalue weighted by Crippen LogP contribution is -2.21. The van der Waals surface area contributed by atoms with E-state index in [0.717, 1.165) is 19.3 Å². The first-order valence-electron chi connectivity index (χ1n) is 6.39. The zero-order valence-corrected chi connectivity index (χ0v) is 12.1. The lowest BCUT2D eigenvalue weighted by molar-refractivity contribution is 0.00973. The molecule has 0 spiro atoms. The molecule has 0 aliphatic rings. The molecule has 0 bridgehead atoms. The van der Waals surface area contributed by atoms with E-state index >= 15 is 0 Å². The molecule has 0 aromatic carbocycles. The van der Waals surface area contributed by atoms with Crippen molar-refractivity contribution in [3.05, 3.63) is 11.7 Å². The number of nitrogens with two attached hydrogens (primary N) is 1. The number of methoxy groups -OCH3 is 1. The van der Waals surface area contributed by atoms with Crippen LogP contribution >= 0.6 is 0 Å². The summed E-state index contributed by atoms with van der Waals surface area (Å²) in [5.41, 5.74) is 5.30. The quantitative estimate of drug-likeness (QED) is 0.809. The Labute approximate surface area is 109 Å². The number of nitrogens with zero attached hydrogens (tertiary/aromatic N) is 2. The monoisotopic (exact) mass is 255 g/mol. The van der Waals surface area contributed by atoms with Crippen molar-refractivity contribution in [3.63, 3.8) is 0 Å². The normalized spacial score (nSPS) is 13.0. The molecule has 1 aromatic heterocycles. The van der Waals surface area contributed by atoms with Crippen LogP contribution in [0.4, 0.5) is 0 Å². The van der Waals surface area contributed by atoms with E-state index in [1.807, 2.05) is 13.8 Å². The molecule has 5 heteroatoms. The Balaban J connectivity index is 2.60. The van der Waals surface area contributed by atoms with Crippen LogP contribution in [0.1, 0.15) is 52.3 Å². The summed E-state index contributed by atoms with van der Waals surface area (Å²) in [5.74, 6) is 1.26. The van der Waals surface area contributed by atoms with Crippen molar-refractivity contribution in [1.82, 2.24) is 10.1 Å². The van der Waals surface area contributed by atoms with E-state index in [2.05, 4.69) is 24.0 Å². The molecule has 18 heavy (non-hydrogen) atoms. The van der Waals surface area contributed by atoms with Crippen molar-refractivity contribution in [2.45, 2.75) is 52.6 Å². The molecule has 0 atom stereocenters. The summed E-state index contributed by atoms with van der Waals surface area (Å²) in [6, 6.07) is 0. The van der Waals surface area contributed by atoms with Gasteiger partial charge in [-0.1, -0.05) is 19.0 Å². The van der Waals surface area contributed by atoms with Crippen LogP contribution in [0, 0.1) is 5.41 Å². The molecular weight excluding hydrogens is 230 g/mol. The summed E-state index contributed by atoms with van der Waals surface area (Å²) in [4.78, 5) is 4.38. The van der Waals surface area contributed by atoms with Gasteiger partial charge in [0.25, 0.3) is 0 Å². The standard InChI is InChI=1S/C13H25N3O2/c1-12(2,8-9-14)7-6-10-15-11(16-18-10)13(3,4)17-5/h6-9,14H2,1-5H3. The van der Waals surface area contributed by atoms with Gasteiger partial charge in [-0.05, 0) is 38.6 Å². The highest BCUT2D eigenvalue weighted by Gasteiger charge is 2.26. The highest BCUT2D eigenvalue weighted by atomic mass is 16.5. The first-order valence-corrected chi connectivity index (χ1v) is 6.39. The molecule has 1 heterocycles. The van der Waals surface area contributed by atoms with Crippen LogP contribution in [0.5, 0.6) is 0 Å². The fourth-order valence-electron chi connectivity index (χ4n) is 1.65. The third-order valence-corrected chi connectivity index (χ3v) is 3.35. The number of ether oxygens (including phenoxy) is 1. The van der Waals surface area contributed by atoms with Gasteiger partial charge in [-0.15, -0.1) is 0 Å². The molecule has 1 aromatic rings. The van der Waals surface area contributed by atoms with Crippen LogP contribution in [0.15, 0.2) is 4.52 Å². The summed E-state index contributed by atoms with van der Waals surface area (Å²) in [6.07, 6.45) is 2.76. The smallest absolute Gasteiger partial charge is 0.226 e. The van der Waals surface area contributed by atoms with E-state index in [9.17, 15) is 0 Å². The molecule has 2 N–H and O–H groups in total. The molecule has 0 aliphatic carbocycles. The minimum Gasteiger partial charge on any atom is -0.371 e. The second-order valence-corrected chi connectivity index (χ2v) is 5.93. The Bertz CT molecular complexity index is 372. The predicted molar refractivity (Wildman–Crippen MR) is 70.1 cm³/mol. The SMILES string of the molecule is COC(C)(C)c1noc(CCC(C)(C)CCN)n1. The molecular formula is C13H25N3O2. The predicted octanol–water partition coefficient (Wildman–Crippen LogP) is 2.26. The lowest BCUT2D eigenvalue weighted by Gasteiger charge is -2.22. The van der Waals surface area contributed by atoms with Gasteiger partial charge in [-0.25, -0.2) is 0 Å². The summed E-state index contributed by atoms with van der Waals surface area (Å²) >= 11 is 0. The van der Waals surface area contributed by atoms with E-state index in [1.54, 1.807) is 7.11 Å². The molecule has 104 valence electrons. The minimum atomic E-state index is -0.505. The molecule has 0 radical (unpaired) electrons. The average molecular weight is 255 g/mol. The fourth-order valence-corrected chi connectivity index (χ4v) is 1.65. The van der Waals surface area contributed by atoms with E-state index in [-0.39, 0.29) is 5.41 Å². The molecule has 0 amide bonds. The maximum atomic E-state index is 5.59. The molecule has 5 nitrogen and oxygen atoms in total. The number of hydrogen-bond donors (Lipinski definition) is 1. The third kappa shape index (κ3) is 4.07. The van der Waals surface area contributed by atoms with E-state index in [0.29, 0.717) is 18.3 Å². The van der Waals surface area contributed by atoms with Crippen molar-refractivity contribution < 1.29 is 9.26 Å². The Hall–Kier alpha value is -0.940. The van der Waals surface area contributed by atoms with Gasteiger partial charge in [0.05, 0.1) is 0 Å². The van der Waals surface area contributed by atoms with Crippen LogP contribution in [0.2, 0.25) is 0 Å². The fraction of sp³-hybridized carbons (Fsp3) is 0.846. The Morgan fingerprint density at radius 3 is 2.44 bits per heavy atom. The van der Waals surface area contributed by atoms with Gasteiger partial charge in [0.15, 0.2) is 0 Å². The van der Waals surface area contributed by atoms with E-state index < -0.39 is 5.60 Å². The van der Waals surface area contributed by atoms with Gasteiger partial charge in [0, 0.05) is 13.5 Å². The van der Waals surface area contributed by atoms with Crippen LogP contribution in [0.25, 0.3) is 0 Å². The van der Waals surface area contributed by atoms with Crippen LogP contribution in [-0.2, 0) is 16.8 Å². The zero-order chi connectivity index (χ0) is 13.8. The summed E-state index contributed by atoms with van der Waals surface area (Å²) in [7, 11) is 1.64. The second kappa shape index (κ2) is 5.80. The molecule has 0 saturated carbocycles. The molecule has 0 aliphatic heterocycles. The van der Waals surface area contributed by atoms with Crippen molar-refractivity contribution in [2.75, 3.05) is 13.7 Å².